The summed E-state index contributed by atoms with van der Waals surface area (Å²) in [5, 5.41) is 10.4. The van der Waals surface area contributed by atoms with Gasteiger partial charge in [0.1, 0.15) is 5.70 Å². The van der Waals surface area contributed by atoms with Gasteiger partial charge in [0.2, 0.25) is 0 Å². The van der Waals surface area contributed by atoms with Gasteiger partial charge in [0.25, 0.3) is 10.0 Å². The molecule has 7 nitrogen and oxygen atoms in total. The van der Waals surface area contributed by atoms with Crippen LogP contribution in [0, 0.1) is 0 Å². The summed E-state index contributed by atoms with van der Waals surface area (Å²) < 4.78 is 25.8. The molecule has 1 aromatic heterocycles. The standard InChI is InChI=1S/C15H13N3O4S/c1-17-12(15(19)18(20)14-8-4-5-9-16-14)10-11-6-2-3-7-13(11)23(17,21)22/h2-10,20H,1H3. The van der Waals surface area contributed by atoms with Crippen LogP contribution in [0.2, 0.25) is 0 Å². The molecule has 1 aromatic carbocycles. The number of hydroxylamine groups is 1. The van der Waals surface area contributed by atoms with Gasteiger partial charge in [-0.15, -0.1) is 0 Å². The highest BCUT2D eigenvalue weighted by atomic mass is 32.2. The molecule has 0 radical (unpaired) electrons. The monoisotopic (exact) mass is 331 g/mol. The smallest absolute Gasteiger partial charge is 0.279 e. The van der Waals surface area contributed by atoms with Gasteiger partial charge in [-0.3, -0.25) is 14.3 Å². The quantitative estimate of drug-likeness (QED) is 0.665. The van der Waals surface area contributed by atoms with Gasteiger partial charge >= 0.3 is 5.91 Å². The molecular weight excluding hydrogens is 318 g/mol. The van der Waals surface area contributed by atoms with Crippen molar-refractivity contribution < 1.29 is 18.4 Å². The highest BCUT2D eigenvalue weighted by Gasteiger charge is 2.35. The maximum absolute atomic E-state index is 12.5. The van der Waals surface area contributed by atoms with E-state index in [0.29, 0.717) is 10.6 Å². The van der Waals surface area contributed by atoms with Crippen LogP contribution >= 0.6 is 0 Å². The maximum atomic E-state index is 12.5. The van der Waals surface area contributed by atoms with Gasteiger partial charge in [0.05, 0.1) is 4.90 Å². The Labute approximate surface area is 133 Å². The van der Waals surface area contributed by atoms with E-state index in [1.807, 2.05) is 0 Å². The number of carbonyl (C=O) groups excluding carboxylic acids is 1. The Kier molecular flexibility index (Phi) is 3.63. The topological polar surface area (TPSA) is 90.8 Å². The van der Waals surface area contributed by atoms with Crippen molar-refractivity contribution in [2.24, 2.45) is 0 Å². The van der Waals surface area contributed by atoms with Crippen LogP contribution in [0.4, 0.5) is 5.82 Å². The molecule has 8 heteroatoms. The van der Waals surface area contributed by atoms with Crippen molar-refractivity contribution in [2.75, 3.05) is 12.1 Å². The van der Waals surface area contributed by atoms with E-state index >= 15 is 0 Å². The van der Waals surface area contributed by atoms with Crippen LogP contribution in [0.5, 0.6) is 0 Å². The molecule has 3 rings (SSSR count). The van der Waals surface area contributed by atoms with Gasteiger partial charge in [-0.2, -0.15) is 5.06 Å². The summed E-state index contributed by atoms with van der Waals surface area (Å²) in [7, 11) is -2.58. The zero-order valence-corrected chi connectivity index (χ0v) is 12.9. The number of likely N-dealkylation sites (N-methyl/N-ethyl adjacent to an activating group) is 1. The van der Waals surface area contributed by atoms with Crippen molar-refractivity contribution in [1.82, 2.24) is 9.29 Å². The van der Waals surface area contributed by atoms with Gasteiger partial charge in [-0.25, -0.2) is 13.4 Å². The summed E-state index contributed by atoms with van der Waals surface area (Å²) in [6, 6.07) is 11.0. The molecule has 118 valence electrons. The van der Waals surface area contributed by atoms with Crippen molar-refractivity contribution in [3.63, 3.8) is 0 Å². The minimum Gasteiger partial charge on any atom is -0.279 e. The molecule has 23 heavy (non-hydrogen) atoms. The summed E-state index contributed by atoms with van der Waals surface area (Å²) >= 11 is 0. The average molecular weight is 331 g/mol. The first kappa shape index (κ1) is 15.2. The first-order valence-electron chi connectivity index (χ1n) is 6.67. The number of benzene rings is 1. The normalized spacial score (nSPS) is 15.6. The molecular formula is C15H13N3O4S. The SMILES string of the molecule is CN1C(C(=O)N(O)c2ccccn2)=Cc2ccccc2S1(=O)=O. The second-order valence-electron chi connectivity index (χ2n) is 4.84. The summed E-state index contributed by atoms with van der Waals surface area (Å²) in [5.41, 5.74) is 0.222. The van der Waals surface area contributed by atoms with E-state index in [1.54, 1.807) is 30.3 Å². The molecule has 2 heterocycles. The third kappa shape index (κ3) is 2.47. The van der Waals surface area contributed by atoms with Crippen LogP contribution in [0.3, 0.4) is 0 Å². The van der Waals surface area contributed by atoms with Crippen molar-refractivity contribution in [3.8, 4) is 0 Å². The van der Waals surface area contributed by atoms with E-state index in [9.17, 15) is 18.4 Å². The zero-order valence-electron chi connectivity index (χ0n) is 12.1. The lowest BCUT2D eigenvalue weighted by Gasteiger charge is -2.28. The van der Waals surface area contributed by atoms with E-state index < -0.39 is 15.9 Å². The summed E-state index contributed by atoms with van der Waals surface area (Å²) in [4.78, 5) is 16.4. The third-order valence-corrected chi connectivity index (χ3v) is 5.31. The minimum absolute atomic E-state index is 0.00283. The molecule has 1 amide bonds. The molecule has 0 bridgehead atoms. The van der Waals surface area contributed by atoms with Gasteiger partial charge in [0.15, 0.2) is 5.82 Å². The number of sulfonamides is 1. The molecule has 1 aliphatic heterocycles. The number of fused-ring (bicyclic) bond motifs is 1. The fraction of sp³-hybridized carbons (Fsp3) is 0.0667. The average Bonchev–Trinajstić information content (AvgIpc) is 2.58. The summed E-state index contributed by atoms with van der Waals surface area (Å²) in [5.74, 6) is -0.882. The minimum atomic E-state index is -3.84. The molecule has 1 aliphatic rings. The van der Waals surface area contributed by atoms with E-state index in [-0.39, 0.29) is 16.4 Å². The number of rotatable bonds is 2. The molecule has 0 fully saturated rings. The number of amides is 1. The number of anilines is 1. The number of nitrogens with zero attached hydrogens (tertiary/aromatic N) is 3. The highest BCUT2D eigenvalue weighted by Crippen LogP contribution is 2.30. The lowest BCUT2D eigenvalue weighted by molar-refractivity contribution is -0.120. The lowest BCUT2D eigenvalue weighted by atomic mass is 10.2. The zero-order chi connectivity index (χ0) is 16.6. The Morgan fingerprint density at radius 2 is 1.87 bits per heavy atom. The molecule has 0 unspecified atom stereocenters. The predicted molar refractivity (Wildman–Crippen MR) is 82.9 cm³/mol. The fourth-order valence-corrected chi connectivity index (χ4v) is 3.60. The van der Waals surface area contributed by atoms with Crippen LogP contribution in [0.15, 0.2) is 59.3 Å². The van der Waals surface area contributed by atoms with Crippen molar-refractivity contribution >= 4 is 27.8 Å². The van der Waals surface area contributed by atoms with Gasteiger partial charge in [-0.1, -0.05) is 24.3 Å². The lowest BCUT2D eigenvalue weighted by Crippen LogP contribution is -2.39. The second kappa shape index (κ2) is 5.49. The Morgan fingerprint density at radius 3 is 2.57 bits per heavy atom. The fourth-order valence-electron chi connectivity index (χ4n) is 2.24. The maximum Gasteiger partial charge on any atom is 0.300 e. The van der Waals surface area contributed by atoms with E-state index in [2.05, 4.69) is 4.98 Å². The van der Waals surface area contributed by atoms with E-state index in [1.165, 1.54) is 31.5 Å². The van der Waals surface area contributed by atoms with Crippen LogP contribution in [0.25, 0.3) is 6.08 Å². The van der Waals surface area contributed by atoms with Gasteiger partial charge in [0, 0.05) is 13.2 Å². The Bertz CT molecular complexity index is 894. The molecule has 0 spiro atoms. The number of pyridine rings is 1. The Hall–Kier alpha value is -2.71. The van der Waals surface area contributed by atoms with Crippen molar-refractivity contribution in [3.05, 3.63) is 59.9 Å². The largest absolute Gasteiger partial charge is 0.300 e. The highest BCUT2D eigenvalue weighted by molar-refractivity contribution is 7.89. The second-order valence-corrected chi connectivity index (χ2v) is 6.78. The van der Waals surface area contributed by atoms with Gasteiger partial charge in [-0.05, 0) is 29.8 Å². The number of hydrogen-bond acceptors (Lipinski definition) is 5. The molecule has 0 saturated heterocycles. The molecule has 2 aromatic rings. The van der Waals surface area contributed by atoms with Crippen molar-refractivity contribution in [1.29, 1.82) is 0 Å². The van der Waals surface area contributed by atoms with Crippen LogP contribution < -0.4 is 5.06 Å². The summed E-state index contributed by atoms with van der Waals surface area (Å²) in [6.45, 7) is 0. The number of hydrogen-bond donors (Lipinski definition) is 1. The Balaban J connectivity index is 2.06. The van der Waals surface area contributed by atoms with Crippen LogP contribution in [-0.4, -0.2) is 35.9 Å². The van der Waals surface area contributed by atoms with E-state index in [0.717, 1.165) is 4.31 Å². The first-order chi connectivity index (χ1) is 10.9. The van der Waals surface area contributed by atoms with E-state index in [4.69, 9.17) is 0 Å². The van der Waals surface area contributed by atoms with Crippen molar-refractivity contribution in [2.45, 2.75) is 4.90 Å². The summed E-state index contributed by atoms with van der Waals surface area (Å²) in [6.07, 6.45) is 2.84. The molecule has 0 atom stereocenters. The predicted octanol–water partition coefficient (Wildman–Crippen LogP) is 1.48. The molecule has 1 N–H and O–H groups in total. The van der Waals surface area contributed by atoms with Crippen LogP contribution in [-0.2, 0) is 14.8 Å². The molecule has 0 aliphatic carbocycles. The number of aromatic nitrogens is 1. The first-order valence-corrected chi connectivity index (χ1v) is 8.11. The number of carbonyl (C=O) groups is 1. The van der Waals surface area contributed by atoms with Crippen LogP contribution in [0.1, 0.15) is 5.56 Å². The Morgan fingerprint density at radius 1 is 1.17 bits per heavy atom. The van der Waals surface area contributed by atoms with Gasteiger partial charge < -0.3 is 0 Å². The molecule has 0 saturated carbocycles. The third-order valence-electron chi connectivity index (χ3n) is 3.47.